The number of primary sulfonamides is 1. The van der Waals surface area contributed by atoms with Gasteiger partial charge >= 0.3 is 0 Å². The molecule has 0 unspecified atom stereocenters. The highest BCUT2D eigenvalue weighted by molar-refractivity contribution is 7.90. The summed E-state index contributed by atoms with van der Waals surface area (Å²) in [5, 5.41) is 5.05. The minimum absolute atomic E-state index is 0.00574. The van der Waals surface area contributed by atoms with Crippen molar-refractivity contribution in [1.29, 1.82) is 0 Å². The molecule has 0 radical (unpaired) electrons. The van der Waals surface area contributed by atoms with Crippen LogP contribution in [0.5, 0.6) is 0 Å². The number of nitrogens with one attached hydrogen (secondary N) is 1. The summed E-state index contributed by atoms with van der Waals surface area (Å²) in [6, 6.07) is 4.69. The normalized spacial score (nSPS) is 27.4. The van der Waals surface area contributed by atoms with Crippen molar-refractivity contribution in [3.63, 3.8) is 0 Å². The Hall–Kier alpha value is -1.00. The lowest BCUT2D eigenvalue weighted by Gasteiger charge is -2.56. The van der Waals surface area contributed by atoms with Crippen molar-refractivity contribution in [2.45, 2.75) is 42.7 Å². The average molecular weight is 362 g/mol. The molecule has 1 aromatic carbocycles. The molecule has 0 saturated heterocycles. The Kier molecular flexibility index (Phi) is 4.64. The zero-order valence-electron chi connectivity index (χ0n) is 13.5. The van der Waals surface area contributed by atoms with Crippen LogP contribution in [0.3, 0.4) is 0 Å². The van der Waals surface area contributed by atoms with Crippen molar-refractivity contribution in [1.82, 2.24) is 4.72 Å². The van der Waals surface area contributed by atoms with E-state index in [2.05, 4.69) is 4.72 Å². The number of hydrogen-bond acceptors (Lipinski definition) is 5. The molecule has 0 bridgehead atoms. The van der Waals surface area contributed by atoms with Crippen molar-refractivity contribution in [3.05, 3.63) is 24.3 Å². The van der Waals surface area contributed by atoms with E-state index in [9.17, 15) is 16.8 Å². The SMILES string of the molecule is CO[C@@H]1[C@@H](C)[C@H](NS(=O)(=O)c2cccc(S(N)(=O)=O)c2)C1(C)C. The highest BCUT2D eigenvalue weighted by Crippen LogP contribution is 2.47. The minimum Gasteiger partial charge on any atom is -0.380 e. The van der Waals surface area contributed by atoms with Gasteiger partial charge in [-0.05, 0) is 24.1 Å². The van der Waals surface area contributed by atoms with Gasteiger partial charge < -0.3 is 4.74 Å². The lowest BCUT2D eigenvalue weighted by Crippen LogP contribution is -2.67. The van der Waals surface area contributed by atoms with E-state index in [0.29, 0.717) is 0 Å². The van der Waals surface area contributed by atoms with E-state index >= 15 is 0 Å². The summed E-state index contributed by atoms with van der Waals surface area (Å²) in [7, 11) is -6.23. The van der Waals surface area contributed by atoms with Crippen molar-refractivity contribution >= 4 is 20.0 Å². The van der Waals surface area contributed by atoms with Crippen LogP contribution in [0.4, 0.5) is 0 Å². The quantitative estimate of drug-likeness (QED) is 0.799. The van der Waals surface area contributed by atoms with Gasteiger partial charge in [0.25, 0.3) is 0 Å². The van der Waals surface area contributed by atoms with Crippen LogP contribution in [-0.4, -0.2) is 36.1 Å². The summed E-state index contributed by atoms with van der Waals surface area (Å²) >= 11 is 0. The Morgan fingerprint density at radius 1 is 1.17 bits per heavy atom. The predicted octanol–water partition coefficient (Wildman–Crippen LogP) is 0.672. The highest BCUT2D eigenvalue weighted by Gasteiger charge is 2.55. The van der Waals surface area contributed by atoms with Crippen molar-refractivity contribution in [3.8, 4) is 0 Å². The fraction of sp³-hybridized carbons (Fsp3) is 0.571. The first kappa shape index (κ1) is 18.3. The molecule has 3 N–H and O–H groups in total. The first-order valence-electron chi connectivity index (χ1n) is 7.09. The molecule has 0 aromatic heterocycles. The van der Waals surface area contributed by atoms with E-state index in [1.165, 1.54) is 18.2 Å². The fourth-order valence-corrected chi connectivity index (χ4v) is 5.58. The fourth-order valence-electron chi connectivity index (χ4n) is 3.42. The molecule has 1 aliphatic rings. The third-order valence-electron chi connectivity index (χ3n) is 4.52. The number of nitrogens with two attached hydrogens (primary N) is 1. The Bertz CT molecular complexity index is 802. The molecule has 0 spiro atoms. The Balaban J connectivity index is 2.31. The van der Waals surface area contributed by atoms with E-state index in [0.717, 1.165) is 6.07 Å². The maximum atomic E-state index is 12.6. The summed E-state index contributed by atoms with van der Waals surface area (Å²) in [6.07, 6.45) is -0.0500. The second-order valence-corrected chi connectivity index (χ2v) is 9.73. The summed E-state index contributed by atoms with van der Waals surface area (Å²) in [5.74, 6) is 0.00574. The van der Waals surface area contributed by atoms with E-state index < -0.39 is 20.0 Å². The largest absolute Gasteiger partial charge is 0.380 e. The molecule has 23 heavy (non-hydrogen) atoms. The van der Waals surface area contributed by atoms with Gasteiger partial charge in [-0.25, -0.2) is 26.7 Å². The van der Waals surface area contributed by atoms with Crippen LogP contribution in [0.2, 0.25) is 0 Å². The van der Waals surface area contributed by atoms with Crippen LogP contribution in [0.15, 0.2) is 34.1 Å². The van der Waals surface area contributed by atoms with Gasteiger partial charge in [-0.2, -0.15) is 0 Å². The molecule has 130 valence electrons. The molecule has 0 aliphatic heterocycles. The number of ether oxygens (including phenoxy) is 1. The summed E-state index contributed by atoms with van der Waals surface area (Å²) in [5.41, 5.74) is -0.362. The topological polar surface area (TPSA) is 116 Å². The zero-order chi connectivity index (χ0) is 17.6. The maximum absolute atomic E-state index is 12.6. The predicted molar refractivity (Wildman–Crippen MR) is 85.7 cm³/mol. The number of methoxy groups -OCH3 is 1. The van der Waals surface area contributed by atoms with Gasteiger partial charge in [-0.1, -0.05) is 26.8 Å². The molecule has 3 atom stereocenters. The summed E-state index contributed by atoms with van der Waals surface area (Å²) in [6.45, 7) is 5.76. The van der Waals surface area contributed by atoms with Crippen LogP contribution in [0, 0.1) is 11.3 Å². The number of benzene rings is 1. The van der Waals surface area contributed by atoms with Gasteiger partial charge in [-0.3, -0.25) is 0 Å². The monoisotopic (exact) mass is 362 g/mol. The van der Waals surface area contributed by atoms with Gasteiger partial charge in [0.2, 0.25) is 20.0 Å². The van der Waals surface area contributed by atoms with Gasteiger partial charge in [0.15, 0.2) is 0 Å². The smallest absolute Gasteiger partial charge is 0.240 e. The number of rotatable bonds is 5. The second kappa shape index (κ2) is 5.82. The number of hydrogen-bond donors (Lipinski definition) is 2. The van der Waals surface area contributed by atoms with Gasteiger partial charge in [0.05, 0.1) is 15.9 Å². The molecule has 7 nitrogen and oxygen atoms in total. The standard InChI is InChI=1S/C14H22N2O5S2/c1-9-12(14(2,3)13(9)21-4)16-23(19,20)11-7-5-6-10(8-11)22(15,17)18/h5-9,12-13,16H,1-4H3,(H2,15,17,18)/t9-,12-,13+/m0/s1. The highest BCUT2D eigenvalue weighted by atomic mass is 32.2. The van der Waals surface area contributed by atoms with Crippen molar-refractivity contribution in [2.24, 2.45) is 16.5 Å². The van der Waals surface area contributed by atoms with E-state index in [4.69, 9.17) is 9.88 Å². The Morgan fingerprint density at radius 2 is 1.74 bits per heavy atom. The Morgan fingerprint density at radius 3 is 2.22 bits per heavy atom. The lowest BCUT2D eigenvalue weighted by atomic mass is 9.58. The molecule has 1 aliphatic carbocycles. The first-order valence-corrected chi connectivity index (χ1v) is 10.1. The van der Waals surface area contributed by atoms with Gasteiger partial charge in [0, 0.05) is 18.6 Å². The van der Waals surface area contributed by atoms with Crippen LogP contribution < -0.4 is 9.86 Å². The molecule has 2 rings (SSSR count). The molecule has 1 aromatic rings. The number of sulfonamides is 2. The molecule has 9 heteroatoms. The molecule has 0 amide bonds. The molecule has 0 heterocycles. The van der Waals surface area contributed by atoms with Crippen molar-refractivity contribution in [2.75, 3.05) is 7.11 Å². The van der Waals surface area contributed by atoms with Crippen LogP contribution >= 0.6 is 0 Å². The summed E-state index contributed by atoms with van der Waals surface area (Å²) < 4.78 is 55.9. The molecular formula is C14H22N2O5S2. The van der Waals surface area contributed by atoms with Gasteiger partial charge in [0.1, 0.15) is 0 Å². The van der Waals surface area contributed by atoms with Gasteiger partial charge in [-0.15, -0.1) is 0 Å². The second-order valence-electron chi connectivity index (χ2n) is 6.46. The Labute approximate surface area is 137 Å². The summed E-state index contributed by atoms with van der Waals surface area (Å²) in [4.78, 5) is -0.371. The van der Waals surface area contributed by atoms with Crippen LogP contribution in [0.1, 0.15) is 20.8 Å². The maximum Gasteiger partial charge on any atom is 0.240 e. The average Bonchev–Trinajstić information content (AvgIpc) is 2.44. The first-order chi connectivity index (χ1) is 10.4. The van der Waals surface area contributed by atoms with Crippen LogP contribution in [-0.2, 0) is 24.8 Å². The van der Waals surface area contributed by atoms with Crippen LogP contribution in [0.25, 0.3) is 0 Å². The zero-order valence-corrected chi connectivity index (χ0v) is 15.1. The molecular weight excluding hydrogens is 340 g/mol. The molecule has 1 saturated carbocycles. The minimum atomic E-state index is -3.96. The van der Waals surface area contributed by atoms with E-state index in [1.807, 2.05) is 20.8 Å². The third-order valence-corrected chi connectivity index (χ3v) is 6.87. The van der Waals surface area contributed by atoms with E-state index in [1.54, 1.807) is 7.11 Å². The molecule has 1 fully saturated rings. The van der Waals surface area contributed by atoms with E-state index in [-0.39, 0.29) is 33.3 Å². The van der Waals surface area contributed by atoms with Crippen molar-refractivity contribution < 1.29 is 21.6 Å². The lowest BCUT2D eigenvalue weighted by molar-refractivity contribution is -0.138. The third kappa shape index (κ3) is 3.29.